The van der Waals surface area contributed by atoms with Gasteiger partial charge in [-0.25, -0.2) is 0 Å². The van der Waals surface area contributed by atoms with E-state index in [-0.39, 0.29) is 0 Å². The van der Waals surface area contributed by atoms with Crippen molar-refractivity contribution >= 4 is 0 Å². The molecule has 0 unspecified atom stereocenters. The second kappa shape index (κ2) is 6.16. The zero-order valence-corrected chi connectivity index (χ0v) is 13.7. The molecule has 2 atom stereocenters. The van der Waals surface area contributed by atoms with Gasteiger partial charge in [0.05, 0.1) is 0 Å². The van der Waals surface area contributed by atoms with Crippen LogP contribution in [-0.2, 0) is 16.9 Å². The van der Waals surface area contributed by atoms with Crippen molar-refractivity contribution in [2.24, 2.45) is 0 Å². The predicted molar refractivity (Wildman–Crippen MR) is 90.6 cm³/mol. The highest BCUT2D eigenvalue weighted by Gasteiger charge is 2.68. The van der Waals surface area contributed by atoms with E-state index in [0.717, 1.165) is 18.7 Å². The summed E-state index contributed by atoms with van der Waals surface area (Å²) < 4.78 is 5.94. The monoisotopic (exact) mass is 306 g/mol. The van der Waals surface area contributed by atoms with Crippen LogP contribution in [-0.4, -0.2) is 24.1 Å². The van der Waals surface area contributed by atoms with E-state index in [1.807, 2.05) is 43.3 Å². The number of ether oxygens (including phenoxy) is 1. The Morgan fingerprint density at radius 3 is 2.26 bits per heavy atom. The molecule has 3 rings (SSSR count). The summed E-state index contributed by atoms with van der Waals surface area (Å²) in [5, 5.41) is 9.66. The molecule has 0 amide bonds. The lowest BCUT2D eigenvalue weighted by atomic mass is 9.86. The summed E-state index contributed by atoms with van der Waals surface area (Å²) in [4.78, 5) is 2.24. The van der Waals surface area contributed by atoms with Gasteiger partial charge in [0.15, 0.2) is 5.60 Å². The van der Waals surface area contributed by atoms with E-state index in [1.165, 1.54) is 5.56 Å². The van der Waals surface area contributed by atoms with Crippen molar-refractivity contribution in [3.8, 4) is 6.07 Å². The fourth-order valence-electron chi connectivity index (χ4n) is 3.17. The molecule has 0 spiro atoms. The topological polar surface area (TPSA) is 39.6 Å². The molecule has 1 fully saturated rings. The van der Waals surface area contributed by atoms with Gasteiger partial charge >= 0.3 is 0 Å². The molecule has 118 valence electrons. The van der Waals surface area contributed by atoms with E-state index >= 15 is 0 Å². The first-order chi connectivity index (χ1) is 11.1. The summed E-state index contributed by atoms with van der Waals surface area (Å²) in [6.07, 6.45) is 0.707. The Balaban J connectivity index is 1.62. The summed E-state index contributed by atoms with van der Waals surface area (Å²) >= 11 is 0. The molecular formula is C20H22N2O. The molecule has 3 heteroatoms. The molecule has 2 aromatic rings. The van der Waals surface area contributed by atoms with Crippen LogP contribution in [0.15, 0.2) is 60.7 Å². The minimum Gasteiger partial charge on any atom is -0.342 e. The molecule has 3 nitrogen and oxygen atoms in total. The standard InChI is InChI=1S/C20H22N2O/c1-19(18-11-7-4-8-12-18)20(16-21,23-19)13-14-22(2)15-17-9-5-3-6-10-17/h3-12H,13-15H2,1-2H3/t19-,20-/m0/s1. The van der Waals surface area contributed by atoms with E-state index in [2.05, 4.69) is 42.3 Å². The first-order valence-corrected chi connectivity index (χ1v) is 7.99. The number of hydrogen-bond donors (Lipinski definition) is 0. The lowest BCUT2D eigenvalue weighted by molar-refractivity contribution is 0.257. The maximum atomic E-state index is 9.66. The third-order valence-electron chi connectivity index (χ3n) is 4.75. The van der Waals surface area contributed by atoms with Gasteiger partial charge in [0.25, 0.3) is 0 Å². The van der Waals surface area contributed by atoms with Crippen LogP contribution in [0.3, 0.4) is 0 Å². The van der Waals surface area contributed by atoms with Crippen LogP contribution in [0.4, 0.5) is 0 Å². The third-order valence-corrected chi connectivity index (χ3v) is 4.75. The summed E-state index contributed by atoms with van der Waals surface area (Å²) in [6, 6.07) is 22.8. The molecule has 0 aromatic heterocycles. The van der Waals surface area contributed by atoms with Crippen LogP contribution >= 0.6 is 0 Å². The number of rotatable bonds is 6. The van der Waals surface area contributed by atoms with Gasteiger partial charge in [0.2, 0.25) is 0 Å². The lowest BCUT2D eigenvalue weighted by Gasteiger charge is -2.18. The second-order valence-corrected chi connectivity index (χ2v) is 6.41. The maximum absolute atomic E-state index is 9.66. The van der Waals surface area contributed by atoms with Gasteiger partial charge in [-0.3, -0.25) is 0 Å². The molecule has 0 radical (unpaired) electrons. The molecule has 2 aromatic carbocycles. The quantitative estimate of drug-likeness (QED) is 0.764. The highest BCUT2D eigenvalue weighted by molar-refractivity contribution is 5.38. The first kappa shape index (κ1) is 15.7. The molecule has 0 N–H and O–H groups in total. The lowest BCUT2D eigenvalue weighted by Crippen LogP contribution is -2.27. The average Bonchev–Trinajstić information content (AvgIpc) is 3.22. The fourth-order valence-corrected chi connectivity index (χ4v) is 3.17. The average molecular weight is 306 g/mol. The smallest absolute Gasteiger partial charge is 0.189 e. The van der Waals surface area contributed by atoms with E-state index in [0.29, 0.717) is 6.42 Å². The zero-order valence-electron chi connectivity index (χ0n) is 13.7. The molecule has 1 heterocycles. The van der Waals surface area contributed by atoms with Crippen LogP contribution in [0.5, 0.6) is 0 Å². The largest absolute Gasteiger partial charge is 0.342 e. The fraction of sp³-hybridized carbons (Fsp3) is 0.350. The van der Waals surface area contributed by atoms with Gasteiger partial charge in [-0.05, 0) is 25.1 Å². The van der Waals surface area contributed by atoms with Crippen molar-refractivity contribution in [1.29, 1.82) is 5.26 Å². The normalized spacial score (nSPS) is 26.0. The van der Waals surface area contributed by atoms with E-state index in [1.54, 1.807) is 0 Å². The van der Waals surface area contributed by atoms with Gasteiger partial charge in [-0.2, -0.15) is 5.26 Å². The van der Waals surface area contributed by atoms with E-state index in [4.69, 9.17) is 4.74 Å². The van der Waals surface area contributed by atoms with Gasteiger partial charge in [0, 0.05) is 19.5 Å². The molecule has 1 aliphatic heterocycles. The van der Waals surface area contributed by atoms with E-state index in [9.17, 15) is 5.26 Å². The number of epoxide rings is 1. The third kappa shape index (κ3) is 3.01. The van der Waals surface area contributed by atoms with Gasteiger partial charge in [-0.1, -0.05) is 60.7 Å². The number of hydrogen-bond acceptors (Lipinski definition) is 3. The van der Waals surface area contributed by atoms with Crippen molar-refractivity contribution in [3.63, 3.8) is 0 Å². The molecule has 23 heavy (non-hydrogen) atoms. The SMILES string of the molecule is CN(CC[C@@]1(C#N)O[C@@]1(C)c1ccccc1)Cc1ccccc1. The highest BCUT2D eigenvalue weighted by atomic mass is 16.6. The predicted octanol–water partition coefficient (Wildman–Crippen LogP) is 3.72. The van der Waals surface area contributed by atoms with E-state index < -0.39 is 11.2 Å². The Morgan fingerprint density at radius 2 is 1.65 bits per heavy atom. The Kier molecular flexibility index (Phi) is 4.21. The minimum absolute atomic E-state index is 0.489. The Labute approximate surface area is 138 Å². The van der Waals surface area contributed by atoms with Crippen molar-refractivity contribution < 1.29 is 4.74 Å². The number of benzene rings is 2. The number of nitriles is 1. The molecule has 1 aliphatic rings. The van der Waals surface area contributed by atoms with Crippen LogP contribution < -0.4 is 0 Å². The minimum atomic E-state index is -0.709. The van der Waals surface area contributed by atoms with Crippen LogP contribution in [0.1, 0.15) is 24.5 Å². The zero-order chi connectivity index (χ0) is 16.3. The summed E-state index contributed by atoms with van der Waals surface area (Å²) in [7, 11) is 2.08. The molecule has 0 saturated carbocycles. The van der Waals surface area contributed by atoms with Crippen molar-refractivity contribution in [3.05, 3.63) is 71.8 Å². The molecular weight excluding hydrogens is 284 g/mol. The first-order valence-electron chi connectivity index (χ1n) is 7.99. The summed E-state index contributed by atoms with van der Waals surface area (Å²) in [6.45, 7) is 3.72. The van der Waals surface area contributed by atoms with Gasteiger partial charge in [-0.15, -0.1) is 0 Å². The van der Waals surface area contributed by atoms with Crippen molar-refractivity contribution in [2.45, 2.75) is 31.1 Å². The molecule has 1 saturated heterocycles. The number of nitrogens with zero attached hydrogens (tertiary/aromatic N) is 2. The van der Waals surface area contributed by atoms with Crippen LogP contribution in [0.25, 0.3) is 0 Å². The van der Waals surface area contributed by atoms with Crippen molar-refractivity contribution in [1.82, 2.24) is 4.90 Å². The maximum Gasteiger partial charge on any atom is 0.189 e. The van der Waals surface area contributed by atoms with Crippen LogP contribution in [0, 0.1) is 11.3 Å². The summed E-state index contributed by atoms with van der Waals surface area (Å²) in [5.74, 6) is 0. The Morgan fingerprint density at radius 1 is 1.04 bits per heavy atom. The van der Waals surface area contributed by atoms with Gasteiger partial charge < -0.3 is 9.64 Å². The highest BCUT2D eigenvalue weighted by Crippen LogP contribution is 2.57. The summed E-state index contributed by atoms with van der Waals surface area (Å²) in [5.41, 5.74) is 1.16. The molecule has 0 bridgehead atoms. The molecule has 0 aliphatic carbocycles. The van der Waals surface area contributed by atoms with Crippen molar-refractivity contribution in [2.75, 3.05) is 13.6 Å². The Bertz CT molecular complexity index is 695. The second-order valence-electron chi connectivity index (χ2n) is 6.41. The van der Waals surface area contributed by atoms with Crippen LogP contribution in [0.2, 0.25) is 0 Å². The Hall–Kier alpha value is -2.15. The van der Waals surface area contributed by atoms with Gasteiger partial charge in [0.1, 0.15) is 11.7 Å².